The summed E-state index contributed by atoms with van der Waals surface area (Å²) in [7, 11) is 0. The molecule has 2 rings (SSSR count). The van der Waals surface area contributed by atoms with Crippen molar-refractivity contribution in [3.05, 3.63) is 46.7 Å². The molecule has 0 fully saturated rings. The molecule has 2 aromatic rings. The van der Waals surface area contributed by atoms with E-state index in [9.17, 15) is 4.79 Å². The van der Waals surface area contributed by atoms with Gasteiger partial charge in [0.25, 0.3) is 0 Å². The monoisotopic (exact) mass is 236 g/mol. The van der Waals surface area contributed by atoms with Gasteiger partial charge in [0.1, 0.15) is 11.5 Å². The fourth-order valence-electron chi connectivity index (χ4n) is 1.43. The van der Waals surface area contributed by atoms with Crippen LogP contribution in [-0.4, -0.2) is 11.1 Å². The molecular weight excluding hydrogens is 228 g/mol. The molecule has 0 spiro atoms. The summed E-state index contributed by atoms with van der Waals surface area (Å²) in [6.07, 6.45) is 0. The molecule has 0 aliphatic heterocycles. The molecule has 0 saturated carbocycles. The molecule has 0 saturated heterocycles. The minimum Gasteiger partial charge on any atom is -0.478 e. The summed E-state index contributed by atoms with van der Waals surface area (Å²) in [6.45, 7) is 1.84. The molecule has 4 heteroatoms. The molecule has 0 atom stereocenters. The minimum absolute atomic E-state index is 0.0914. The van der Waals surface area contributed by atoms with Gasteiger partial charge in [0, 0.05) is 5.56 Å². The van der Waals surface area contributed by atoms with Crippen LogP contribution in [0.25, 0.3) is 11.3 Å². The van der Waals surface area contributed by atoms with Gasteiger partial charge in [-0.25, -0.2) is 4.79 Å². The molecule has 0 unspecified atom stereocenters. The molecule has 16 heavy (non-hydrogen) atoms. The number of rotatable bonds is 2. The summed E-state index contributed by atoms with van der Waals surface area (Å²) in [5.41, 5.74) is 0.858. The molecule has 0 aliphatic carbocycles. The fourth-order valence-corrected chi connectivity index (χ4v) is 1.69. The van der Waals surface area contributed by atoms with E-state index in [1.165, 1.54) is 6.07 Å². The van der Waals surface area contributed by atoms with E-state index in [4.69, 9.17) is 21.1 Å². The highest BCUT2D eigenvalue weighted by Gasteiger charge is 2.10. The fraction of sp³-hybridized carbons (Fsp3) is 0.0833. The maximum absolute atomic E-state index is 10.8. The van der Waals surface area contributed by atoms with Crippen LogP contribution in [0.2, 0.25) is 5.02 Å². The first-order chi connectivity index (χ1) is 7.58. The van der Waals surface area contributed by atoms with Crippen LogP contribution in [0.1, 0.15) is 16.1 Å². The number of halogens is 1. The third kappa shape index (κ3) is 1.95. The topological polar surface area (TPSA) is 50.4 Å². The lowest BCUT2D eigenvalue weighted by Crippen LogP contribution is -1.96. The predicted molar refractivity (Wildman–Crippen MR) is 60.9 cm³/mol. The quantitative estimate of drug-likeness (QED) is 0.867. The van der Waals surface area contributed by atoms with Crippen LogP contribution in [0.15, 0.2) is 34.7 Å². The van der Waals surface area contributed by atoms with Crippen LogP contribution in [0.4, 0.5) is 0 Å². The molecule has 3 nitrogen and oxygen atoms in total. The first-order valence-corrected chi connectivity index (χ1v) is 5.05. The van der Waals surface area contributed by atoms with Crippen molar-refractivity contribution in [2.24, 2.45) is 0 Å². The zero-order chi connectivity index (χ0) is 11.7. The van der Waals surface area contributed by atoms with Crippen molar-refractivity contribution in [3.8, 4) is 11.3 Å². The highest BCUT2D eigenvalue weighted by Crippen LogP contribution is 2.27. The summed E-state index contributed by atoms with van der Waals surface area (Å²) in [5.74, 6) is 0.442. The molecule has 1 aromatic carbocycles. The SMILES string of the molecule is Cc1ccc(-c2ccc(C(=O)O)c(Cl)c2)o1. The second-order valence-electron chi connectivity index (χ2n) is 3.41. The third-order valence-electron chi connectivity index (χ3n) is 2.22. The predicted octanol–water partition coefficient (Wildman–Crippen LogP) is 3.61. The normalized spacial score (nSPS) is 10.4. The Morgan fingerprint density at radius 2 is 2.06 bits per heavy atom. The summed E-state index contributed by atoms with van der Waals surface area (Å²) < 4.78 is 5.42. The van der Waals surface area contributed by atoms with Crippen LogP contribution in [-0.2, 0) is 0 Å². The van der Waals surface area contributed by atoms with Gasteiger partial charge in [0.2, 0.25) is 0 Å². The number of aromatic carboxylic acids is 1. The molecular formula is C12H9ClO3. The molecule has 1 N–H and O–H groups in total. The summed E-state index contributed by atoms with van der Waals surface area (Å²) in [5, 5.41) is 9.03. The Kier molecular flexibility index (Phi) is 2.71. The zero-order valence-electron chi connectivity index (χ0n) is 8.53. The van der Waals surface area contributed by atoms with Gasteiger partial charge >= 0.3 is 5.97 Å². The zero-order valence-corrected chi connectivity index (χ0v) is 9.28. The van der Waals surface area contributed by atoms with Crippen LogP contribution in [0.3, 0.4) is 0 Å². The van der Waals surface area contributed by atoms with Gasteiger partial charge in [0.05, 0.1) is 10.6 Å². The van der Waals surface area contributed by atoms with E-state index < -0.39 is 5.97 Å². The lowest BCUT2D eigenvalue weighted by molar-refractivity contribution is 0.0697. The van der Waals surface area contributed by atoms with E-state index in [1.54, 1.807) is 12.1 Å². The van der Waals surface area contributed by atoms with Crippen molar-refractivity contribution >= 4 is 17.6 Å². The van der Waals surface area contributed by atoms with Crippen molar-refractivity contribution in [3.63, 3.8) is 0 Å². The highest BCUT2D eigenvalue weighted by atomic mass is 35.5. The van der Waals surface area contributed by atoms with Crippen LogP contribution in [0, 0.1) is 6.92 Å². The van der Waals surface area contributed by atoms with Crippen LogP contribution >= 0.6 is 11.6 Å². The maximum atomic E-state index is 10.8. The number of carboxylic acids is 1. The Labute approximate surface area is 97.3 Å². The number of aryl methyl sites for hydroxylation is 1. The number of carboxylic acid groups (broad SMARTS) is 1. The van der Waals surface area contributed by atoms with Gasteiger partial charge in [-0.1, -0.05) is 17.7 Å². The smallest absolute Gasteiger partial charge is 0.337 e. The molecule has 0 amide bonds. The molecule has 0 radical (unpaired) electrons. The summed E-state index contributed by atoms with van der Waals surface area (Å²) in [4.78, 5) is 10.8. The Balaban J connectivity index is 2.45. The van der Waals surface area contributed by atoms with Crippen molar-refractivity contribution in [1.29, 1.82) is 0 Å². The van der Waals surface area contributed by atoms with Gasteiger partial charge in [-0.3, -0.25) is 0 Å². The first-order valence-electron chi connectivity index (χ1n) is 4.67. The van der Waals surface area contributed by atoms with Gasteiger partial charge < -0.3 is 9.52 Å². The van der Waals surface area contributed by atoms with E-state index in [2.05, 4.69) is 0 Å². The van der Waals surface area contributed by atoms with E-state index >= 15 is 0 Å². The average Bonchev–Trinajstić information content (AvgIpc) is 2.64. The first kappa shape index (κ1) is 10.8. The number of benzene rings is 1. The Bertz CT molecular complexity index is 543. The second-order valence-corrected chi connectivity index (χ2v) is 3.82. The lowest BCUT2D eigenvalue weighted by atomic mass is 10.1. The lowest BCUT2D eigenvalue weighted by Gasteiger charge is -2.01. The van der Waals surface area contributed by atoms with Gasteiger partial charge in [0.15, 0.2) is 0 Å². The third-order valence-corrected chi connectivity index (χ3v) is 2.54. The summed E-state index contributed by atoms with van der Waals surface area (Å²) >= 11 is 5.86. The van der Waals surface area contributed by atoms with Crippen LogP contribution < -0.4 is 0 Å². The van der Waals surface area contributed by atoms with Gasteiger partial charge in [-0.05, 0) is 31.2 Å². The molecule has 0 bridgehead atoms. The Morgan fingerprint density at radius 1 is 1.31 bits per heavy atom. The van der Waals surface area contributed by atoms with Crippen molar-refractivity contribution in [1.82, 2.24) is 0 Å². The maximum Gasteiger partial charge on any atom is 0.337 e. The van der Waals surface area contributed by atoms with E-state index in [0.29, 0.717) is 5.76 Å². The number of hydrogen-bond acceptors (Lipinski definition) is 2. The molecule has 1 aromatic heterocycles. The standard InChI is InChI=1S/C12H9ClO3/c1-7-2-5-11(16-7)8-3-4-9(12(14)15)10(13)6-8/h2-6H,1H3,(H,14,15). The van der Waals surface area contributed by atoms with E-state index in [1.807, 2.05) is 19.1 Å². The number of carbonyl (C=O) groups is 1. The Hall–Kier alpha value is -1.74. The van der Waals surface area contributed by atoms with Crippen molar-refractivity contribution in [2.45, 2.75) is 6.92 Å². The number of furan rings is 1. The van der Waals surface area contributed by atoms with Crippen molar-refractivity contribution < 1.29 is 14.3 Å². The Morgan fingerprint density at radius 3 is 2.56 bits per heavy atom. The molecule has 82 valence electrons. The minimum atomic E-state index is -1.04. The van der Waals surface area contributed by atoms with Gasteiger partial charge in [-0.2, -0.15) is 0 Å². The van der Waals surface area contributed by atoms with E-state index in [-0.39, 0.29) is 10.6 Å². The number of hydrogen-bond donors (Lipinski definition) is 1. The molecule has 1 heterocycles. The largest absolute Gasteiger partial charge is 0.478 e. The highest BCUT2D eigenvalue weighted by molar-refractivity contribution is 6.33. The average molecular weight is 237 g/mol. The van der Waals surface area contributed by atoms with Crippen molar-refractivity contribution in [2.75, 3.05) is 0 Å². The van der Waals surface area contributed by atoms with Crippen LogP contribution in [0.5, 0.6) is 0 Å². The molecule has 0 aliphatic rings. The summed E-state index contributed by atoms with van der Waals surface area (Å²) in [6, 6.07) is 8.39. The second kappa shape index (κ2) is 4.02. The van der Waals surface area contributed by atoms with Gasteiger partial charge in [-0.15, -0.1) is 0 Å². The van der Waals surface area contributed by atoms with E-state index in [0.717, 1.165) is 11.3 Å².